The molecule has 0 aliphatic carbocycles. The van der Waals surface area contributed by atoms with Gasteiger partial charge in [0.15, 0.2) is 5.96 Å². The van der Waals surface area contributed by atoms with Crippen LogP contribution >= 0.6 is 35.3 Å². The molecule has 0 aromatic carbocycles. The van der Waals surface area contributed by atoms with Crippen LogP contribution in [-0.4, -0.2) is 61.4 Å². The fraction of sp³-hybridized carbons (Fsp3) is 0.524. The van der Waals surface area contributed by atoms with E-state index in [0.29, 0.717) is 19.0 Å². The van der Waals surface area contributed by atoms with Gasteiger partial charge in [0.2, 0.25) is 5.91 Å². The van der Waals surface area contributed by atoms with Gasteiger partial charge in [-0.15, -0.1) is 35.3 Å². The lowest BCUT2D eigenvalue weighted by molar-refractivity contribution is -0.130. The molecule has 2 aliphatic heterocycles. The third-order valence-electron chi connectivity index (χ3n) is 5.71. The van der Waals surface area contributed by atoms with Gasteiger partial charge in [0, 0.05) is 31.6 Å². The zero-order chi connectivity index (χ0) is 20.1. The summed E-state index contributed by atoms with van der Waals surface area (Å²) < 4.78 is 5.67. The maximum absolute atomic E-state index is 12.6. The van der Waals surface area contributed by atoms with Crippen molar-refractivity contribution in [3.8, 4) is 0 Å². The summed E-state index contributed by atoms with van der Waals surface area (Å²) in [6.07, 6.45) is 5.12. The zero-order valence-corrected chi connectivity index (χ0v) is 20.4. The van der Waals surface area contributed by atoms with Crippen LogP contribution < -0.4 is 10.6 Å². The van der Waals surface area contributed by atoms with Gasteiger partial charge >= 0.3 is 0 Å². The van der Waals surface area contributed by atoms with Gasteiger partial charge in [-0.25, -0.2) is 0 Å². The molecule has 1 fully saturated rings. The first-order valence-electron chi connectivity index (χ1n) is 10.3. The van der Waals surface area contributed by atoms with Gasteiger partial charge in [-0.1, -0.05) is 0 Å². The van der Waals surface area contributed by atoms with Crippen LogP contribution in [0.15, 0.2) is 39.3 Å². The molecule has 0 bridgehead atoms. The highest BCUT2D eigenvalue weighted by Crippen LogP contribution is 2.25. The molecule has 4 rings (SSSR count). The molecule has 2 aromatic rings. The van der Waals surface area contributed by atoms with E-state index in [0.717, 1.165) is 31.8 Å². The predicted octanol–water partition coefficient (Wildman–Crippen LogP) is 2.85. The summed E-state index contributed by atoms with van der Waals surface area (Å²) in [7, 11) is 1.73. The Kier molecular flexibility index (Phi) is 8.58. The summed E-state index contributed by atoms with van der Waals surface area (Å²) >= 11 is 1.79. The summed E-state index contributed by atoms with van der Waals surface area (Å²) in [6, 6.07) is 6.25. The number of nitrogens with one attached hydrogen (secondary N) is 2. The van der Waals surface area contributed by atoms with Crippen LogP contribution in [0, 0.1) is 0 Å². The number of rotatable bonds is 6. The first kappa shape index (κ1) is 23.1. The highest BCUT2D eigenvalue weighted by atomic mass is 127. The first-order chi connectivity index (χ1) is 14.2. The lowest BCUT2D eigenvalue weighted by Gasteiger charge is -2.28. The van der Waals surface area contributed by atoms with Gasteiger partial charge in [-0.3, -0.25) is 14.7 Å². The molecule has 0 radical (unpaired) electrons. The monoisotopic (exact) mass is 543 g/mol. The van der Waals surface area contributed by atoms with Crippen molar-refractivity contribution in [1.82, 2.24) is 20.4 Å². The Labute approximate surface area is 198 Å². The summed E-state index contributed by atoms with van der Waals surface area (Å²) in [5.41, 5.74) is 1.28. The van der Waals surface area contributed by atoms with Crippen molar-refractivity contribution in [2.75, 3.05) is 39.8 Å². The number of furan rings is 1. The number of hydrogen-bond donors (Lipinski definition) is 2. The SMILES string of the molecule is CN=C(NCC(=O)N1CCc2sccc2C1)NCC(c1ccco1)N1CCCC1.I. The van der Waals surface area contributed by atoms with Crippen molar-refractivity contribution in [3.05, 3.63) is 46.0 Å². The highest BCUT2D eigenvalue weighted by molar-refractivity contribution is 14.0. The number of carbonyl (C=O) groups excluding carboxylic acids is 1. The second-order valence-electron chi connectivity index (χ2n) is 7.52. The number of nitrogens with zero attached hydrogens (tertiary/aromatic N) is 3. The number of aliphatic imine (C=N–C) groups is 1. The number of amides is 1. The quantitative estimate of drug-likeness (QED) is 0.333. The lowest BCUT2D eigenvalue weighted by Crippen LogP contribution is -2.47. The van der Waals surface area contributed by atoms with Crippen molar-refractivity contribution >= 4 is 47.2 Å². The largest absolute Gasteiger partial charge is 0.468 e. The Bertz CT molecular complexity index is 832. The molecule has 9 heteroatoms. The van der Waals surface area contributed by atoms with Crippen LogP contribution in [0.1, 0.15) is 35.1 Å². The van der Waals surface area contributed by atoms with Crippen molar-refractivity contribution < 1.29 is 9.21 Å². The maximum atomic E-state index is 12.6. The number of halogens is 1. The zero-order valence-electron chi connectivity index (χ0n) is 17.3. The van der Waals surface area contributed by atoms with E-state index in [-0.39, 0.29) is 42.5 Å². The molecule has 1 saturated heterocycles. The summed E-state index contributed by atoms with van der Waals surface area (Å²) in [6.45, 7) is 4.59. The molecule has 1 amide bonds. The topological polar surface area (TPSA) is 73.1 Å². The third kappa shape index (κ3) is 5.55. The van der Waals surface area contributed by atoms with E-state index < -0.39 is 0 Å². The first-order valence-corrected chi connectivity index (χ1v) is 11.2. The van der Waals surface area contributed by atoms with E-state index >= 15 is 0 Å². The van der Waals surface area contributed by atoms with Gasteiger partial charge in [0.1, 0.15) is 5.76 Å². The van der Waals surface area contributed by atoms with E-state index in [2.05, 4.69) is 32.0 Å². The van der Waals surface area contributed by atoms with Gasteiger partial charge < -0.3 is 20.0 Å². The summed E-state index contributed by atoms with van der Waals surface area (Å²) in [4.78, 5) is 22.7. The molecular weight excluding hydrogens is 513 g/mol. The van der Waals surface area contributed by atoms with Crippen molar-refractivity contribution in [3.63, 3.8) is 0 Å². The Balaban J connectivity index is 0.00000256. The third-order valence-corrected chi connectivity index (χ3v) is 6.73. The van der Waals surface area contributed by atoms with Gasteiger partial charge in [0.25, 0.3) is 0 Å². The number of thiophene rings is 1. The van der Waals surface area contributed by atoms with Crippen LogP contribution in [0.2, 0.25) is 0 Å². The number of hydrogen-bond acceptors (Lipinski definition) is 5. The molecule has 7 nitrogen and oxygen atoms in total. The second-order valence-corrected chi connectivity index (χ2v) is 8.52. The molecule has 2 aliphatic rings. The van der Waals surface area contributed by atoms with Gasteiger partial charge in [0.05, 0.1) is 18.8 Å². The number of likely N-dealkylation sites (tertiary alicyclic amines) is 1. The Morgan fingerprint density at radius 3 is 2.83 bits per heavy atom. The van der Waals surface area contributed by atoms with E-state index in [9.17, 15) is 4.79 Å². The highest BCUT2D eigenvalue weighted by Gasteiger charge is 2.26. The summed E-state index contributed by atoms with van der Waals surface area (Å²) in [5.74, 6) is 1.71. The Hall–Kier alpha value is -1.59. The lowest BCUT2D eigenvalue weighted by atomic mass is 10.1. The molecule has 164 valence electrons. The predicted molar refractivity (Wildman–Crippen MR) is 130 cm³/mol. The van der Waals surface area contributed by atoms with Crippen LogP contribution in [0.3, 0.4) is 0 Å². The van der Waals surface area contributed by atoms with Crippen LogP contribution in [0.25, 0.3) is 0 Å². The smallest absolute Gasteiger partial charge is 0.242 e. The molecule has 0 spiro atoms. The Morgan fingerprint density at radius 2 is 2.10 bits per heavy atom. The average molecular weight is 543 g/mol. The molecule has 1 unspecified atom stereocenters. The van der Waals surface area contributed by atoms with E-state index in [4.69, 9.17) is 4.42 Å². The van der Waals surface area contributed by atoms with Crippen LogP contribution in [0.4, 0.5) is 0 Å². The minimum Gasteiger partial charge on any atom is -0.468 e. The van der Waals surface area contributed by atoms with Crippen LogP contribution in [0.5, 0.6) is 0 Å². The fourth-order valence-electron chi connectivity index (χ4n) is 4.09. The molecule has 1 atom stereocenters. The maximum Gasteiger partial charge on any atom is 0.242 e. The van der Waals surface area contributed by atoms with E-state index in [1.807, 2.05) is 17.0 Å². The molecule has 2 aromatic heterocycles. The fourth-order valence-corrected chi connectivity index (χ4v) is 4.98. The normalized spacial score (nSPS) is 17.9. The minimum absolute atomic E-state index is 0. The molecular formula is C21H30IN5O2S. The van der Waals surface area contributed by atoms with E-state index in [1.54, 1.807) is 24.6 Å². The molecule has 0 saturated carbocycles. The van der Waals surface area contributed by atoms with Crippen molar-refractivity contribution in [1.29, 1.82) is 0 Å². The van der Waals surface area contributed by atoms with Gasteiger partial charge in [-0.2, -0.15) is 0 Å². The standard InChI is InChI=1S/C21H29N5O2S.HI/c1-22-21(23-13-17(18-5-4-11-28-18)25-8-2-3-9-25)24-14-20(27)26-10-6-19-16(15-26)7-12-29-19;/h4-5,7,11-12,17H,2-3,6,8-10,13-15H2,1H3,(H2,22,23,24);1H. The minimum atomic E-state index is 0. The average Bonchev–Trinajstić information content (AvgIpc) is 3.52. The van der Waals surface area contributed by atoms with Crippen molar-refractivity contribution in [2.24, 2.45) is 4.99 Å². The van der Waals surface area contributed by atoms with E-state index in [1.165, 1.54) is 23.3 Å². The number of fused-ring (bicyclic) bond motifs is 1. The molecule has 30 heavy (non-hydrogen) atoms. The molecule has 2 N–H and O–H groups in total. The van der Waals surface area contributed by atoms with Crippen LogP contribution in [-0.2, 0) is 17.8 Å². The number of guanidine groups is 1. The number of carbonyl (C=O) groups is 1. The van der Waals surface area contributed by atoms with Crippen molar-refractivity contribution in [2.45, 2.75) is 31.8 Å². The summed E-state index contributed by atoms with van der Waals surface area (Å²) in [5, 5.41) is 8.66. The van der Waals surface area contributed by atoms with Gasteiger partial charge in [-0.05, 0) is 61.5 Å². The Morgan fingerprint density at radius 1 is 1.27 bits per heavy atom. The molecule has 4 heterocycles. The second kappa shape index (κ2) is 11.1.